The van der Waals surface area contributed by atoms with E-state index in [0.29, 0.717) is 0 Å². The first-order chi connectivity index (χ1) is 9.56. The molecule has 1 aromatic carbocycles. The Labute approximate surface area is 120 Å². The van der Waals surface area contributed by atoms with Crippen molar-refractivity contribution < 1.29 is 4.79 Å². The fourth-order valence-corrected chi connectivity index (χ4v) is 2.33. The number of hydrogen-bond donors (Lipinski definition) is 0. The Kier molecular flexibility index (Phi) is 4.23. The number of amides is 1. The predicted octanol–water partition coefficient (Wildman–Crippen LogP) is 2.97. The van der Waals surface area contributed by atoms with Crippen LogP contribution in [0.2, 0.25) is 0 Å². The van der Waals surface area contributed by atoms with Gasteiger partial charge in [0.15, 0.2) is 0 Å². The van der Waals surface area contributed by atoms with Crippen molar-refractivity contribution in [2.75, 3.05) is 13.1 Å². The van der Waals surface area contributed by atoms with Gasteiger partial charge in [-0.3, -0.25) is 4.79 Å². The summed E-state index contributed by atoms with van der Waals surface area (Å²) in [6.45, 7) is 9.44. The van der Waals surface area contributed by atoms with E-state index in [1.54, 1.807) is 0 Å². The number of carbonyl (C=O) groups is 1. The molecule has 0 aliphatic heterocycles. The molecule has 1 amide bonds. The number of aromatic nitrogens is 2. The van der Waals surface area contributed by atoms with Crippen LogP contribution in [0.25, 0.3) is 5.69 Å². The molecule has 0 atom stereocenters. The van der Waals surface area contributed by atoms with E-state index < -0.39 is 0 Å². The molecular formula is C16H21N3O. The molecule has 106 valence electrons. The summed E-state index contributed by atoms with van der Waals surface area (Å²) in [5.74, 6) is 0.0786. The monoisotopic (exact) mass is 271 g/mol. The third kappa shape index (κ3) is 2.74. The molecule has 0 radical (unpaired) electrons. The van der Waals surface area contributed by atoms with Crippen LogP contribution in [-0.4, -0.2) is 33.7 Å². The van der Waals surface area contributed by atoms with Crippen molar-refractivity contribution in [1.29, 1.82) is 0 Å². The number of aryl methyl sites for hydroxylation is 2. The Bertz CT molecular complexity index is 595. The molecule has 0 saturated heterocycles. The molecule has 2 aromatic rings. The van der Waals surface area contributed by atoms with Gasteiger partial charge in [-0.2, -0.15) is 5.10 Å². The van der Waals surface area contributed by atoms with Crippen molar-refractivity contribution >= 4 is 5.91 Å². The van der Waals surface area contributed by atoms with E-state index in [4.69, 9.17) is 0 Å². The number of benzene rings is 1. The second-order valence-corrected chi connectivity index (χ2v) is 4.86. The Morgan fingerprint density at radius 1 is 1.15 bits per heavy atom. The normalized spacial score (nSPS) is 10.6. The molecule has 0 saturated carbocycles. The Balaban J connectivity index is 2.26. The maximum Gasteiger partial charge on any atom is 0.253 e. The van der Waals surface area contributed by atoms with E-state index in [0.717, 1.165) is 35.7 Å². The summed E-state index contributed by atoms with van der Waals surface area (Å²) in [6, 6.07) is 9.65. The third-order valence-electron chi connectivity index (χ3n) is 3.42. The molecule has 0 spiro atoms. The lowest BCUT2D eigenvalue weighted by Crippen LogP contribution is -2.30. The van der Waals surface area contributed by atoms with Gasteiger partial charge in [0.2, 0.25) is 0 Å². The van der Waals surface area contributed by atoms with Crippen LogP contribution in [0.3, 0.4) is 0 Å². The van der Waals surface area contributed by atoms with Gasteiger partial charge in [-0.15, -0.1) is 0 Å². The Hall–Kier alpha value is -2.10. The van der Waals surface area contributed by atoms with Crippen LogP contribution in [0.4, 0.5) is 0 Å². The second kappa shape index (κ2) is 5.90. The largest absolute Gasteiger partial charge is 0.339 e. The van der Waals surface area contributed by atoms with Crippen LogP contribution >= 0.6 is 0 Å². The molecule has 2 rings (SSSR count). The minimum Gasteiger partial charge on any atom is -0.339 e. The van der Waals surface area contributed by atoms with Gasteiger partial charge in [0.25, 0.3) is 5.91 Å². The molecule has 0 aliphatic rings. The van der Waals surface area contributed by atoms with Crippen molar-refractivity contribution in [3.63, 3.8) is 0 Å². The summed E-state index contributed by atoms with van der Waals surface area (Å²) in [6.07, 6.45) is 0. The van der Waals surface area contributed by atoms with E-state index in [9.17, 15) is 4.79 Å². The molecule has 0 fully saturated rings. The van der Waals surface area contributed by atoms with Gasteiger partial charge in [-0.25, -0.2) is 4.68 Å². The zero-order chi connectivity index (χ0) is 14.7. The van der Waals surface area contributed by atoms with E-state index in [1.807, 2.05) is 67.6 Å². The Morgan fingerprint density at radius 3 is 2.20 bits per heavy atom. The SMILES string of the molecule is CCN(CC)C(=O)c1ccc(-n2nc(C)cc2C)cc1. The van der Waals surface area contributed by atoms with Gasteiger partial charge >= 0.3 is 0 Å². The topological polar surface area (TPSA) is 38.1 Å². The van der Waals surface area contributed by atoms with Crippen molar-refractivity contribution in [3.05, 3.63) is 47.3 Å². The summed E-state index contributed by atoms with van der Waals surface area (Å²) in [5, 5.41) is 4.44. The lowest BCUT2D eigenvalue weighted by atomic mass is 10.1. The van der Waals surface area contributed by atoms with Crippen LogP contribution in [0, 0.1) is 13.8 Å². The predicted molar refractivity (Wildman–Crippen MR) is 80.3 cm³/mol. The van der Waals surface area contributed by atoms with Crippen molar-refractivity contribution in [2.24, 2.45) is 0 Å². The summed E-state index contributed by atoms with van der Waals surface area (Å²) < 4.78 is 1.89. The maximum absolute atomic E-state index is 12.2. The fourth-order valence-electron chi connectivity index (χ4n) is 2.33. The molecule has 0 aliphatic carbocycles. The van der Waals surface area contributed by atoms with Gasteiger partial charge in [0.1, 0.15) is 0 Å². The first kappa shape index (κ1) is 14.3. The third-order valence-corrected chi connectivity index (χ3v) is 3.42. The van der Waals surface area contributed by atoms with Crippen LogP contribution in [0.5, 0.6) is 0 Å². The molecule has 1 aromatic heterocycles. The second-order valence-electron chi connectivity index (χ2n) is 4.86. The maximum atomic E-state index is 12.2. The zero-order valence-electron chi connectivity index (χ0n) is 12.6. The fraction of sp³-hybridized carbons (Fsp3) is 0.375. The van der Waals surface area contributed by atoms with Crippen molar-refractivity contribution in [3.8, 4) is 5.69 Å². The van der Waals surface area contributed by atoms with Crippen LogP contribution in [-0.2, 0) is 0 Å². The summed E-state index contributed by atoms with van der Waals surface area (Å²) >= 11 is 0. The summed E-state index contributed by atoms with van der Waals surface area (Å²) in [4.78, 5) is 14.0. The minimum absolute atomic E-state index is 0.0786. The van der Waals surface area contributed by atoms with Gasteiger partial charge in [-0.05, 0) is 58.0 Å². The van der Waals surface area contributed by atoms with Crippen LogP contribution in [0.15, 0.2) is 30.3 Å². The smallest absolute Gasteiger partial charge is 0.253 e. The number of carbonyl (C=O) groups excluding carboxylic acids is 1. The number of rotatable bonds is 4. The van der Waals surface area contributed by atoms with Gasteiger partial charge in [0.05, 0.1) is 11.4 Å². The van der Waals surface area contributed by atoms with Crippen LogP contribution < -0.4 is 0 Å². The summed E-state index contributed by atoms with van der Waals surface area (Å²) in [7, 11) is 0. The van der Waals surface area contributed by atoms with Gasteiger partial charge in [-0.1, -0.05) is 0 Å². The Morgan fingerprint density at radius 2 is 1.75 bits per heavy atom. The highest BCUT2D eigenvalue weighted by atomic mass is 16.2. The molecular weight excluding hydrogens is 250 g/mol. The van der Waals surface area contributed by atoms with E-state index >= 15 is 0 Å². The number of hydrogen-bond acceptors (Lipinski definition) is 2. The highest BCUT2D eigenvalue weighted by molar-refractivity contribution is 5.94. The summed E-state index contributed by atoms with van der Waals surface area (Å²) in [5.41, 5.74) is 3.78. The number of nitrogens with zero attached hydrogens (tertiary/aromatic N) is 3. The zero-order valence-corrected chi connectivity index (χ0v) is 12.6. The molecule has 20 heavy (non-hydrogen) atoms. The van der Waals surface area contributed by atoms with Gasteiger partial charge in [0, 0.05) is 24.3 Å². The molecule has 4 heteroatoms. The van der Waals surface area contributed by atoms with E-state index in [-0.39, 0.29) is 5.91 Å². The first-order valence-electron chi connectivity index (χ1n) is 6.99. The lowest BCUT2D eigenvalue weighted by molar-refractivity contribution is 0.0773. The molecule has 0 unspecified atom stereocenters. The minimum atomic E-state index is 0.0786. The molecule has 0 N–H and O–H groups in total. The van der Waals surface area contributed by atoms with E-state index in [2.05, 4.69) is 5.10 Å². The molecule has 1 heterocycles. The quantitative estimate of drug-likeness (QED) is 0.857. The van der Waals surface area contributed by atoms with Crippen LogP contribution in [0.1, 0.15) is 35.6 Å². The lowest BCUT2D eigenvalue weighted by Gasteiger charge is -2.18. The standard InChI is InChI=1S/C16H21N3O/c1-5-18(6-2)16(20)14-7-9-15(10-8-14)19-13(4)11-12(3)17-19/h7-11H,5-6H2,1-4H3. The highest BCUT2D eigenvalue weighted by Gasteiger charge is 2.12. The molecule has 0 bridgehead atoms. The van der Waals surface area contributed by atoms with Gasteiger partial charge < -0.3 is 4.90 Å². The molecule has 4 nitrogen and oxygen atoms in total. The average Bonchev–Trinajstić information content (AvgIpc) is 2.79. The van der Waals surface area contributed by atoms with Crippen molar-refractivity contribution in [1.82, 2.24) is 14.7 Å². The van der Waals surface area contributed by atoms with Crippen molar-refractivity contribution in [2.45, 2.75) is 27.7 Å². The first-order valence-corrected chi connectivity index (χ1v) is 6.99. The van der Waals surface area contributed by atoms with E-state index in [1.165, 1.54) is 0 Å². The average molecular weight is 271 g/mol. The highest BCUT2D eigenvalue weighted by Crippen LogP contribution is 2.14.